The van der Waals surface area contributed by atoms with Crippen LogP contribution in [0.3, 0.4) is 0 Å². The van der Waals surface area contributed by atoms with Gasteiger partial charge in [-0.15, -0.1) is 0 Å². The number of carbonyl (C=O) groups is 1. The number of primary amides is 1. The SMILES string of the molecule is NC(=O)NC(P(=O)(O)O)P(=O)(O)O. The Kier molecular flexibility index (Phi) is 3.62. The molecular formula is C2H8N2O7P2. The number of hydrogen-bond acceptors (Lipinski definition) is 3. The smallest absolute Gasteiger partial charge is 0.352 e. The molecule has 0 radical (unpaired) electrons. The Morgan fingerprint density at radius 1 is 1.15 bits per heavy atom. The van der Waals surface area contributed by atoms with Crippen LogP contribution in [0.4, 0.5) is 4.79 Å². The number of rotatable bonds is 3. The van der Waals surface area contributed by atoms with Crippen molar-refractivity contribution < 1.29 is 33.5 Å². The summed E-state index contributed by atoms with van der Waals surface area (Å²) in [7, 11) is -10.3. The third kappa shape index (κ3) is 4.37. The molecule has 0 atom stereocenters. The van der Waals surface area contributed by atoms with Crippen LogP contribution in [0.25, 0.3) is 0 Å². The normalized spacial score (nSPS) is 13.0. The van der Waals surface area contributed by atoms with E-state index in [9.17, 15) is 13.9 Å². The van der Waals surface area contributed by atoms with Gasteiger partial charge in [0.05, 0.1) is 0 Å². The maximum absolute atomic E-state index is 10.4. The molecule has 0 bridgehead atoms. The van der Waals surface area contributed by atoms with E-state index < -0.39 is 26.7 Å². The molecule has 0 aliphatic carbocycles. The number of hydrogen-bond donors (Lipinski definition) is 6. The summed E-state index contributed by atoms with van der Waals surface area (Å²) in [5.41, 5.74) is 1.86. The van der Waals surface area contributed by atoms with Crippen molar-refractivity contribution in [3.63, 3.8) is 0 Å². The van der Waals surface area contributed by atoms with Crippen molar-refractivity contribution in [2.75, 3.05) is 0 Å². The van der Waals surface area contributed by atoms with Crippen molar-refractivity contribution in [3.05, 3.63) is 0 Å². The average Bonchev–Trinajstić information content (AvgIpc) is 1.77. The lowest BCUT2D eigenvalue weighted by Gasteiger charge is -2.19. The Morgan fingerprint density at radius 3 is 1.54 bits per heavy atom. The summed E-state index contributed by atoms with van der Waals surface area (Å²) < 4.78 is 20.9. The number of nitrogens with one attached hydrogen (secondary N) is 1. The topological polar surface area (TPSA) is 170 Å². The molecule has 0 aliphatic heterocycles. The zero-order valence-electron chi connectivity index (χ0n) is 6.06. The molecule has 78 valence electrons. The van der Waals surface area contributed by atoms with Gasteiger partial charge in [-0.1, -0.05) is 0 Å². The van der Waals surface area contributed by atoms with Gasteiger partial charge in [-0.3, -0.25) is 9.13 Å². The maximum atomic E-state index is 10.4. The highest BCUT2D eigenvalue weighted by molar-refractivity contribution is 7.70. The second kappa shape index (κ2) is 3.75. The predicted molar refractivity (Wildman–Crippen MR) is 40.6 cm³/mol. The summed E-state index contributed by atoms with van der Waals surface area (Å²) >= 11 is 0. The van der Waals surface area contributed by atoms with E-state index in [0.717, 1.165) is 0 Å². The molecule has 2 amide bonds. The molecule has 0 aliphatic rings. The molecule has 11 heteroatoms. The van der Waals surface area contributed by atoms with E-state index in [1.807, 2.05) is 0 Å². The molecule has 0 spiro atoms. The van der Waals surface area contributed by atoms with E-state index in [-0.39, 0.29) is 0 Å². The monoisotopic (exact) mass is 234 g/mol. The standard InChI is InChI=1S/C2H8N2O7P2/c3-1(5)4-2(12(6,7)8)13(9,10)11/h2H,(H3,3,4,5)(H2,6,7,8)(H2,9,10,11). The van der Waals surface area contributed by atoms with E-state index in [1.54, 1.807) is 0 Å². The summed E-state index contributed by atoms with van der Waals surface area (Å²) in [6, 6.07) is -1.43. The Hall–Kier alpha value is -0.430. The molecule has 9 nitrogen and oxygen atoms in total. The molecule has 0 aromatic heterocycles. The van der Waals surface area contributed by atoms with E-state index in [0.29, 0.717) is 0 Å². The minimum atomic E-state index is -5.13. The van der Waals surface area contributed by atoms with Gasteiger partial charge in [0.1, 0.15) is 0 Å². The molecule has 7 N–H and O–H groups in total. The minimum absolute atomic E-state index is 1.27. The summed E-state index contributed by atoms with van der Waals surface area (Å²) in [6.07, 6.45) is 0. The zero-order valence-corrected chi connectivity index (χ0v) is 7.85. The van der Waals surface area contributed by atoms with Gasteiger partial charge in [-0.05, 0) is 0 Å². The van der Waals surface area contributed by atoms with Crippen LogP contribution in [-0.4, -0.2) is 31.1 Å². The van der Waals surface area contributed by atoms with Crippen LogP contribution in [-0.2, 0) is 9.13 Å². The van der Waals surface area contributed by atoms with E-state index in [4.69, 9.17) is 19.6 Å². The van der Waals surface area contributed by atoms with Gasteiger partial charge in [0, 0.05) is 0 Å². The first-order valence-electron chi connectivity index (χ1n) is 2.71. The fourth-order valence-electron chi connectivity index (χ4n) is 0.491. The fourth-order valence-corrected chi connectivity index (χ4v) is 2.65. The van der Waals surface area contributed by atoms with Gasteiger partial charge in [0.2, 0.25) is 5.52 Å². The van der Waals surface area contributed by atoms with Gasteiger partial charge in [0.15, 0.2) is 0 Å². The lowest BCUT2D eigenvalue weighted by molar-refractivity contribution is 0.245. The number of amides is 2. The molecule has 0 fully saturated rings. The third-order valence-electron chi connectivity index (χ3n) is 0.909. The van der Waals surface area contributed by atoms with Crippen molar-refractivity contribution >= 4 is 21.2 Å². The van der Waals surface area contributed by atoms with Crippen molar-refractivity contribution in [1.82, 2.24) is 5.32 Å². The van der Waals surface area contributed by atoms with Gasteiger partial charge in [-0.2, -0.15) is 0 Å². The van der Waals surface area contributed by atoms with E-state index in [2.05, 4.69) is 5.73 Å². The Bertz CT molecular complexity index is 267. The van der Waals surface area contributed by atoms with Crippen LogP contribution in [0.15, 0.2) is 0 Å². The van der Waals surface area contributed by atoms with Gasteiger partial charge >= 0.3 is 21.2 Å². The highest BCUT2D eigenvalue weighted by Crippen LogP contribution is 2.58. The average molecular weight is 234 g/mol. The number of carbonyl (C=O) groups excluding carboxylic acids is 1. The molecule has 13 heavy (non-hydrogen) atoms. The fraction of sp³-hybridized carbons (Fsp3) is 0.500. The van der Waals surface area contributed by atoms with E-state index >= 15 is 0 Å². The summed E-state index contributed by atoms with van der Waals surface area (Å²) in [4.78, 5) is 43.8. The van der Waals surface area contributed by atoms with Gasteiger partial charge in [0.25, 0.3) is 0 Å². The predicted octanol–water partition coefficient (Wildman–Crippen LogP) is -1.71. The summed E-state index contributed by atoms with van der Waals surface area (Å²) in [5.74, 6) is 0. The molecule has 0 unspecified atom stereocenters. The maximum Gasteiger partial charge on any atom is 0.360 e. The Morgan fingerprint density at radius 2 is 1.46 bits per heavy atom. The van der Waals surface area contributed by atoms with Gasteiger partial charge in [-0.25, -0.2) is 4.79 Å². The molecule has 0 heterocycles. The second-order valence-corrected chi connectivity index (χ2v) is 5.86. The highest BCUT2D eigenvalue weighted by Gasteiger charge is 2.44. The van der Waals surface area contributed by atoms with Crippen LogP contribution >= 0.6 is 15.2 Å². The Balaban J connectivity index is 4.90. The summed E-state index contributed by atoms with van der Waals surface area (Å²) in [6.45, 7) is 0. The lowest BCUT2D eigenvalue weighted by Crippen LogP contribution is -2.38. The van der Waals surface area contributed by atoms with Crippen LogP contribution in [0.1, 0.15) is 0 Å². The van der Waals surface area contributed by atoms with Gasteiger partial charge < -0.3 is 30.6 Å². The Labute approximate surface area is 72.3 Å². The first kappa shape index (κ1) is 12.6. The van der Waals surface area contributed by atoms with E-state index in [1.165, 1.54) is 5.32 Å². The quantitative estimate of drug-likeness (QED) is 0.315. The molecule has 0 aromatic carbocycles. The van der Waals surface area contributed by atoms with Crippen molar-refractivity contribution in [2.45, 2.75) is 5.52 Å². The van der Waals surface area contributed by atoms with Crippen molar-refractivity contribution in [3.8, 4) is 0 Å². The van der Waals surface area contributed by atoms with Crippen LogP contribution in [0, 0.1) is 0 Å². The van der Waals surface area contributed by atoms with Crippen LogP contribution in [0.5, 0.6) is 0 Å². The number of urea groups is 1. The molecule has 0 aromatic rings. The van der Waals surface area contributed by atoms with Crippen molar-refractivity contribution in [1.29, 1.82) is 0 Å². The van der Waals surface area contributed by atoms with Crippen molar-refractivity contribution in [2.24, 2.45) is 5.73 Å². The minimum Gasteiger partial charge on any atom is -0.352 e. The lowest BCUT2D eigenvalue weighted by atomic mass is 11.0. The summed E-state index contributed by atoms with van der Waals surface area (Å²) in [5, 5.41) is 1.27. The molecular weight excluding hydrogens is 226 g/mol. The third-order valence-corrected chi connectivity index (χ3v) is 4.25. The number of nitrogens with two attached hydrogens (primary N) is 1. The first-order chi connectivity index (χ1) is 5.55. The molecule has 0 rings (SSSR count). The largest absolute Gasteiger partial charge is 0.360 e. The van der Waals surface area contributed by atoms with Crippen LogP contribution in [0.2, 0.25) is 0 Å². The second-order valence-electron chi connectivity index (χ2n) is 2.06. The van der Waals surface area contributed by atoms with Crippen LogP contribution < -0.4 is 11.1 Å². The molecule has 0 saturated heterocycles. The first-order valence-corrected chi connectivity index (χ1v) is 6.08. The highest BCUT2D eigenvalue weighted by atomic mass is 31.2. The zero-order chi connectivity index (χ0) is 10.9. The molecule has 0 saturated carbocycles.